The van der Waals surface area contributed by atoms with Crippen LogP contribution in [0.5, 0.6) is 0 Å². The zero-order valence-electron chi connectivity index (χ0n) is 18.4. The maximum Gasteiger partial charge on any atom is -0.0103 e. The topological polar surface area (TPSA) is 0 Å². The van der Waals surface area contributed by atoms with Gasteiger partial charge in [-0.2, -0.15) is 0 Å². The van der Waals surface area contributed by atoms with Gasteiger partial charge in [-0.05, 0) is 83.3 Å². The highest BCUT2D eigenvalue weighted by Crippen LogP contribution is 2.76. The van der Waals surface area contributed by atoms with E-state index in [0.29, 0.717) is 10.3 Å². The normalized spacial score (nSPS) is 46.8. The largest absolute Gasteiger partial charge is 0.0968 e. The van der Waals surface area contributed by atoms with E-state index in [1.165, 1.54) is 12.8 Å². The van der Waals surface area contributed by atoms with Crippen LogP contribution in [0.1, 0.15) is 92.9 Å². The zero-order valence-corrected chi connectivity index (χ0v) is 20.2. The van der Waals surface area contributed by atoms with Gasteiger partial charge in [-0.15, -0.1) is 0 Å². The molecule has 0 spiro atoms. The molecule has 0 N–H and O–H groups in total. The van der Waals surface area contributed by atoms with Crippen molar-refractivity contribution in [1.29, 1.82) is 0 Å². The summed E-state index contributed by atoms with van der Waals surface area (Å²) in [7, 11) is 0.398. The molecule has 0 unspecified atom stereocenters. The fraction of sp³-hybridized carbons (Fsp3) is 1.00. The Labute approximate surface area is 166 Å². The third-order valence-electron chi connectivity index (χ3n) is 8.47. The lowest BCUT2D eigenvalue weighted by molar-refractivity contribution is 0.221. The van der Waals surface area contributed by atoms with Crippen LogP contribution in [0.3, 0.4) is 0 Å². The Morgan fingerprint density at radius 2 is 0.885 bits per heavy atom. The Hall–Kier alpha value is 0.860. The molecule has 8 atom stereocenters. The first kappa shape index (κ1) is 20.1. The number of hydrogen-bond donors (Lipinski definition) is 0. The van der Waals surface area contributed by atoms with Gasteiger partial charge in [0.2, 0.25) is 0 Å². The van der Waals surface area contributed by atoms with E-state index in [9.17, 15) is 0 Å². The smallest absolute Gasteiger partial charge is 0.0103 e. The third-order valence-corrected chi connectivity index (χ3v) is 16.7. The Morgan fingerprint density at radius 1 is 0.538 bits per heavy atom. The van der Waals surface area contributed by atoms with Crippen LogP contribution in [0.25, 0.3) is 0 Å². The summed E-state index contributed by atoms with van der Waals surface area (Å²) in [5.41, 5.74) is 2.27. The summed E-state index contributed by atoms with van der Waals surface area (Å²) in [5, 5.41) is 1.14. The molecule has 0 amide bonds. The van der Waals surface area contributed by atoms with Gasteiger partial charge in [-0.3, -0.25) is 0 Å². The van der Waals surface area contributed by atoms with Crippen LogP contribution in [-0.2, 0) is 0 Å². The van der Waals surface area contributed by atoms with Gasteiger partial charge in [-0.25, -0.2) is 0 Å². The molecule has 2 heteroatoms. The molecule has 2 saturated heterocycles. The van der Waals surface area contributed by atoms with Crippen LogP contribution in [0.15, 0.2) is 0 Å². The number of rotatable bonds is 1. The average molecular weight is 395 g/mol. The Bertz CT molecular complexity index is 453. The SMILES string of the molecule is CC(C)(C)[P@]1C[C@@H]2CCCC[C@H]2[C@@H]1[C@H]1[C@H]2CCCC[C@@H]2C[P@@]1C(C)(C)C. The maximum absolute atomic E-state index is 2.61. The molecular formula is C24H44P2. The van der Waals surface area contributed by atoms with Gasteiger partial charge in [0.15, 0.2) is 0 Å². The van der Waals surface area contributed by atoms with Crippen molar-refractivity contribution in [3.63, 3.8) is 0 Å². The second-order valence-electron chi connectivity index (χ2n) is 12.0. The molecule has 2 aliphatic heterocycles. The van der Waals surface area contributed by atoms with Crippen molar-refractivity contribution in [2.45, 2.75) is 115 Å². The van der Waals surface area contributed by atoms with Gasteiger partial charge in [0.05, 0.1) is 0 Å². The highest BCUT2D eigenvalue weighted by Gasteiger charge is 2.58. The molecule has 26 heavy (non-hydrogen) atoms. The van der Waals surface area contributed by atoms with Crippen molar-refractivity contribution in [2.75, 3.05) is 12.3 Å². The Balaban J connectivity index is 1.72. The van der Waals surface area contributed by atoms with Crippen LogP contribution in [0, 0.1) is 23.7 Å². The van der Waals surface area contributed by atoms with Crippen LogP contribution in [0.4, 0.5) is 0 Å². The molecular weight excluding hydrogens is 350 g/mol. The highest BCUT2D eigenvalue weighted by atomic mass is 31.1. The van der Waals surface area contributed by atoms with Gasteiger partial charge < -0.3 is 0 Å². The summed E-state index contributed by atoms with van der Waals surface area (Å²) in [6.45, 7) is 15.6. The van der Waals surface area contributed by atoms with Crippen LogP contribution >= 0.6 is 15.8 Å². The van der Waals surface area contributed by atoms with Gasteiger partial charge in [0.25, 0.3) is 0 Å². The van der Waals surface area contributed by atoms with E-state index in [4.69, 9.17) is 0 Å². The molecule has 2 heterocycles. The first-order valence-electron chi connectivity index (χ1n) is 11.7. The van der Waals surface area contributed by atoms with Gasteiger partial charge in [-0.1, -0.05) is 83.1 Å². The van der Waals surface area contributed by atoms with Crippen LogP contribution in [0.2, 0.25) is 0 Å². The van der Waals surface area contributed by atoms with Gasteiger partial charge in [0.1, 0.15) is 0 Å². The third kappa shape index (κ3) is 3.58. The maximum atomic E-state index is 2.61. The minimum Gasteiger partial charge on any atom is -0.0968 e. The lowest BCUT2D eigenvalue weighted by Gasteiger charge is -2.47. The minimum absolute atomic E-state index is 0.199. The van der Waals surface area contributed by atoms with E-state index in [0.717, 1.165) is 35.0 Å². The summed E-state index contributed by atoms with van der Waals surface area (Å²) >= 11 is 0. The molecule has 0 nitrogen and oxygen atoms in total. The Morgan fingerprint density at radius 3 is 1.23 bits per heavy atom. The van der Waals surface area contributed by atoms with E-state index in [-0.39, 0.29) is 15.8 Å². The van der Waals surface area contributed by atoms with E-state index >= 15 is 0 Å². The highest BCUT2D eigenvalue weighted by molar-refractivity contribution is 7.64. The van der Waals surface area contributed by atoms with Crippen LogP contribution < -0.4 is 0 Å². The van der Waals surface area contributed by atoms with Gasteiger partial charge >= 0.3 is 0 Å². The van der Waals surface area contributed by atoms with Crippen LogP contribution in [-0.4, -0.2) is 34.0 Å². The molecule has 4 aliphatic rings. The minimum atomic E-state index is 0.199. The number of fused-ring (bicyclic) bond motifs is 2. The fourth-order valence-electron chi connectivity index (χ4n) is 7.35. The molecule has 2 saturated carbocycles. The summed E-state index contributed by atoms with van der Waals surface area (Å²) in [5.74, 6) is 4.45. The van der Waals surface area contributed by atoms with Crippen molar-refractivity contribution < 1.29 is 0 Å². The first-order chi connectivity index (χ1) is 12.2. The van der Waals surface area contributed by atoms with E-state index in [2.05, 4.69) is 41.5 Å². The Kier molecular flexibility index (Phi) is 5.64. The predicted molar refractivity (Wildman–Crippen MR) is 122 cm³/mol. The lowest BCUT2D eigenvalue weighted by Crippen LogP contribution is -2.39. The predicted octanol–water partition coefficient (Wildman–Crippen LogP) is 7.92. The molecule has 0 bridgehead atoms. The van der Waals surface area contributed by atoms with Crippen molar-refractivity contribution in [1.82, 2.24) is 0 Å². The first-order valence-corrected chi connectivity index (χ1v) is 14.9. The molecule has 4 rings (SSSR count). The second-order valence-corrected chi connectivity index (χ2v) is 18.5. The fourth-order valence-corrected chi connectivity index (χ4v) is 16.5. The molecule has 0 aromatic rings. The van der Waals surface area contributed by atoms with E-state index < -0.39 is 0 Å². The lowest BCUT2D eigenvalue weighted by atomic mass is 9.72. The molecule has 4 fully saturated rings. The van der Waals surface area contributed by atoms with E-state index in [1.54, 1.807) is 50.8 Å². The quantitative estimate of drug-likeness (QED) is 0.396. The standard InChI is InChI=1S/C24H44P2/c1-23(2,3)25-15-17-11-7-9-13-19(17)21(25)22-20-14-10-8-12-18(20)16-26(22)24(4,5)6/h17-22H,7-16H2,1-6H3/t17-,18+,19+,20-,21-,22-,25-,26-/m1/s1. The van der Waals surface area contributed by atoms with E-state index in [1.807, 2.05) is 0 Å². The summed E-state index contributed by atoms with van der Waals surface area (Å²) in [6, 6.07) is 0. The monoisotopic (exact) mass is 394 g/mol. The molecule has 2 aliphatic carbocycles. The zero-order chi connectivity index (χ0) is 18.7. The molecule has 0 radical (unpaired) electrons. The summed E-state index contributed by atoms with van der Waals surface area (Å²) in [6.07, 6.45) is 15.7. The second kappa shape index (κ2) is 7.28. The van der Waals surface area contributed by atoms with Gasteiger partial charge in [0, 0.05) is 0 Å². The summed E-state index contributed by atoms with van der Waals surface area (Å²) < 4.78 is 0. The number of hydrogen-bond acceptors (Lipinski definition) is 0. The average Bonchev–Trinajstić information content (AvgIpc) is 3.12. The van der Waals surface area contributed by atoms with Crippen molar-refractivity contribution in [3.8, 4) is 0 Å². The molecule has 0 aromatic heterocycles. The van der Waals surface area contributed by atoms with Crippen molar-refractivity contribution >= 4 is 15.8 Å². The van der Waals surface area contributed by atoms with Crippen molar-refractivity contribution in [3.05, 3.63) is 0 Å². The molecule has 0 aromatic carbocycles. The van der Waals surface area contributed by atoms with Crippen molar-refractivity contribution in [2.24, 2.45) is 23.7 Å². The summed E-state index contributed by atoms with van der Waals surface area (Å²) in [4.78, 5) is 0. The molecule has 150 valence electrons.